The number of Topliss-reactive ketones (excluding diaryl/α,β-unsaturated/α-hetero) is 1. The first kappa shape index (κ1) is 10.1. The smallest absolute Gasteiger partial charge is 0.145 e. The quantitative estimate of drug-likeness (QED) is 0.447. The fraction of sp³-hybridized carbons (Fsp3) is 0.556. The zero-order valence-corrected chi connectivity index (χ0v) is 7.09. The fourth-order valence-electron chi connectivity index (χ4n) is 0.792. The number of ketones is 1. The highest BCUT2D eigenvalue weighted by Gasteiger charge is 1.97. The molecule has 2 heteroatoms. The monoisotopic (exact) mass is 154 g/mol. The van der Waals surface area contributed by atoms with Crippen LogP contribution in [0.25, 0.3) is 0 Å². The van der Waals surface area contributed by atoms with E-state index in [0.717, 1.165) is 18.3 Å². The summed E-state index contributed by atoms with van der Waals surface area (Å²) >= 11 is 0. The van der Waals surface area contributed by atoms with E-state index in [0.29, 0.717) is 12.8 Å². The van der Waals surface area contributed by atoms with Gasteiger partial charge in [0.25, 0.3) is 0 Å². The molecular weight excluding hydrogens is 140 g/mol. The molecule has 0 aliphatic heterocycles. The van der Waals surface area contributed by atoms with Crippen molar-refractivity contribution in [3.05, 3.63) is 11.6 Å². The van der Waals surface area contributed by atoms with E-state index in [-0.39, 0.29) is 5.78 Å². The number of hydrogen-bond acceptors (Lipinski definition) is 2. The number of rotatable bonds is 5. The average molecular weight is 154 g/mol. The Hall–Kier alpha value is -0.920. The third-order valence-corrected chi connectivity index (χ3v) is 1.38. The van der Waals surface area contributed by atoms with Gasteiger partial charge in [-0.15, -0.1) is 0 Å². The number of carbonyl (C=O) groups excluding carboxylic acids is 2. The minimum atomic E-state index is 0.133. The van der Waals surface area contributed by atoms with Crippen molar-refractivity contribution in [3.63, 3.8) is 0 Å². The van der Waals surface area contributed by atoms with E-state index in [1.54, 1.807) is 0 Å². The third-order valence-electron chi connectivity index (χ3n) is 1.38. The molecule has 0 rings (SSSR count). The standard InChI is InChI=1S/C9H14O2/c1-3-4-9(7-10)6-5-8(2)11/h4,7H,3,5-6H2,1-2H3/b9-4+. The van der Waals surface area contributed by atoms with E-state index >= 15 is 0 Å². The van der Waals surface area contributed by atoms with Crippen molar-refractivity contribution in [1.82, 2.24) is 0 Å². The van der Waals surface area contributed by atoms with Crippen molar-refractivity contribution in [2.24, 2.45) is 0 Å². The Balaban J connectivity index is 3.79. The molecule has 0 aromatic rings. The molecule has 0 saturated heterocycles. The molecule has 0 unspecified atom stereocenters. The molecule has 0 radical (unpaired) electrons. The second kappa shape index (κ2) is 5.83. The lowest BCUT2D eigenvalue weighted by molar-refractivity contribution is -0.116. The van der Waals surface area contributed by atoms with Gasteiger partial charge in [0.2, 0.25) is 0 Å². The van der Waals surface area contributed by atoms with Gasteiger partial charge < -0.3 is 4.79 Å². The Bertz CT molecular complexity index is 168. The molecule has 0 aromatic heterocycles. The van der Waals surface area contributed by atoms with Crippen LogP contribution in [0.4, 0.5) is 0 Å². The number of hydrogen-bond donors (Lipinski definition) is 0. The van der Waals surface area contributed by atoms with Crippen LogP contribution in [0.2, 0.25) is 0 Å². The van der Waals surface area contributed by atoms with Gasteiger partial charge in [0.15, 0.2) is 0 Å². The van der Waals surface area contributed by atoms with Crippen molar-refractivity contribution in [2.75, 3.05) is 0 Å². The summed E-state index contributed by atoms with van der Waals surface area (Å²) in [6.45, 7) is 3.51. The molecule has 0 spiro atoms. The van der Waals surface area contributed by atoms with Gasteiger partial charge in [-0.05, 0) is 25.3 Å². The second-order valence-electron chi connectivity index (χ2n) is 2.51. The first-order chi connectivity index (χ1) is 5.20. The van der Waals surface area contributed by atoms with Crippen molar-refractivity contribution >= 4 is 12.1 Å². The van der Waals surface area contributed by atoms with Gasteiger partial charge in [-0.25, -0.2) is 0 Å². The summed E-state index contributed by atoms with van der Waals surface area (Å²) in [4.78, 5) is 20.9. The minimum absolute atomic E-state index is 0.133. The second-order valence-corrected chi connectivity index (χ2v) is 2.51. The predicted molar refractivity (Wildman–Crippen MR) is 44.4 cm³/mol. The van der Waals surface area contributed by atoms with Crippen molar-refractivity contribution in [3.8, 4) is 0 Å². The van der Waals surface area contributed by atoms with Crippen LogP contribution in [-0.4, -0.2) is 12.1 Å². The zero-order chi connectivity index (χ0) is 8.69. The predicted octanol–water partition coefficient (Wildman–Crippen LogP) is 1.89. The van der Waals surface area contributed by atoms with Crippen LogP contribution < -0.4 is 0 Å². The van der Waals surface area contributed by atoms with E-state index in [2.05, 4.69) is 0 Å². The van der Waals surface area contributed by atoms with Crippen LogP contribution in [0.1, 0.15) is 33.1 Å². The molecule has 0 atom stereocenters. The van der Waals surface area contributed by atoms with Gasteiger partial charge in [0, 0.05) is 6.42 Å². The van der Waals surface area contributed by atoms with E-state index < -0.39 is 0 Å². The van der Waals surface area contributed by atoms with Crippen molar-refractivity contribution in [2.45, 2.75) is 33.1 Å². The van der Waals surface area contributed by atoms with Gasteiger partial charge in [-0.1, -0.05) is 13.0 Å². The first-order valence-electron chi connectivity index (χ1n) is 3.84. The van der Waals surface area contributed by atoms with E-state index in [9.17, 15) is 9.59 Å². The summed E-state index contributed by atoms with van der Waals surface area (Å²) in [6.07, 6.45) is 4.60. The molecule has 0 N–H and O–H groups in total. The molecule has 0 heterocycles. The Morgan fingerprint density at radius 1 is 1.36 bits per heavy atom. The van der Waals surface area contributed by atoms with Crippen LogP contribution in [0.15, 0.2) is 11.6 Å². The van der Waals surface area contributed by atoms with Crippen LogP contribution >= 0.6 is 0 Å². The van der Waals surface area contributed by atoms with E-state index in [1.807, 2.05) is 13.0 Å². The molecular formula is C9H14O2. The SMILES string of the molecule is CC/C=C(/C=O)CCC(C)=O. The van der Waals surface area contributed by atoms with Crippen LogP contribution in [0.5, 0.6) is 0 Å². The molecule has 2 nitrogen and oxygen atoms in total. The van der Waals surface area contributed by atoms with Crippen LogP contribution in [0, 0.1) is 0 Å². The summed E-state index contributed by atoms with van der Waals surface area (Å²) in [7, 11) is 0. The Morgan fingerprint density at radius 3 is 2.36 bits per heavy atom. The van der Waals surface area contributed by atoms with E-state index in [4.69, 9.17) is 0 Å². The topological polar surface area (TPSA) is 34.1 Å². The van der Waals surface area contributed by atoms with E-state index in [1.165, 1.54) is 6.92 Å². The molecule has 0 aliphatic carbocycles. The molecule has 0 aromatic carbocycles. The lowest BCUT2D eigenvalue weighted by Crippen LogP contribution is -1.92. The number of carbonyl (C=O) groups is 2. The normalized spacial score (nSPS) is 11.3. The maximum Gasteiger partial charge on any atom is 0.145 e. The molecule has 0 fully saturated rings. The van der Waals surface area contributed by atoms with Gasteiger partial charge in [0.1, 0.15) is 12.1 Å². The molecule has 62 valence electrons. The lowest BCUT2D eigenvalue weighted by Gasteiger charge is -1.95. The summed E-state index contributed by atoms with van der Waals surface area (Å²) < 4.78 is 0. The van der Waals surface area contributed by atoms with Gasteiger partial charge in [-0.3, -0.25) is 4.79 Å². The van der Waals surface area contributed by atoms with Crippen molar-refractivity contribution in [1.29, 1.82) is 0 Å². The average Bonchev–Trinajstić information content (AvgIpc) is 1.97. The summed E-state index contributed by atoms with van der Waals surface area (Å²) in [5.41, 5.74) is 0.739. The zero-order valence-electron chi connectivity index (χ0n) is 7.09. The fourth-order valence-corrected chi connectivity index (χ4v) is 0.792. The maximum atomic E-state index is 10.5. The maximum absolute atomic E-state index is 10.5. The Morgan fingerprint density at radius 2 is 2.00 bits per heavy atom. The molecule has 0 bridgehead atoms. The molecule has 0 amide bonds. The van der Waals surface area contributed by atoms with Gasteiger partial charge in [0.05, 0.1) is 0 Å². The Kier molecular flexibility index (Phi) is 5.35. The Labute approximate surface area is 67.3 Å². The van der Waals surface area contributed by atoms with Gasteiger partial charge in [-0.2, -0.15) is 0 Å². The molecule has 11 heavy (non-hydrogen) atoms. The summed E-state index contributed by atoms with van der Waals surface area (Å²) in [5.74, 6) is 0.133. The first-order valence-corrected chi connectivity index (χ1v) is 3.84. The largest absolute Gasteiger partial charge is 0.300 e. The highest BCUT2D eigenvalue weighted by atomic mass is 16.1. The summed E-state index contributed by atoms with van der Waals surface area (Å²) in [5, 5.41) is 0. The lowest BCUT2D eigenvalue weighted by atomic mass is 10.1. The summed E-state index contributed by atoms with van der Waals surface area (Å²) in [6, 6.07) is 0. The molecule has 0 aliphatic rings. The third kappa shape index (κ3) is 5.52. The number of aldehydes is 1. The van der Waals surface area contributed by atoms with Crippen molar-refractivity contribution < 1.29 is 9.59 Å². The van der Waals surface area contributed by atoms with Crippen LogP contribution in [0.3, 0.4) is 0 Å². The highest BCUT2D eigenvalue weighted by Crippen LogP contribution is 2.03. The minimum Gasteiger partial charge on any atom is -0.300 e. The van der Waals surface area contributed by atoms with Crippen LogP contribution in [-0.2, 0) is 9.59 Å². The highest BCUT2D eigenvalue weighted by molar-refractivity contribution is 5.79. The van der Waals surface area contributed by atoms with Gasteiger partial charge >= 0.3 is 0 Å². The number of allylic oxidation sites excluding steroid dienone is 2. The molecule has 0 saturated carbocycles.